The predicted molar refractivity (Wildman–Crippen MR) is 127 cm³/mol. The first-order valence-corrected chi connectivity index (χ1v) is 11.9. The fraction of sp³-hybridized carbons (Fsp3) is 0.458. The number of carboxylic acids is 1. The molecule has 3 aromatic rings. The van der Waals surface area contributed by atoms with Crippen molar-refractivity contribution < 1.29 is 23.1 Å². The highest BCUT2D eigenvalue weighted by Gasteiger charge is 2.38. The molecule has 1 aromatic carbocycles. The number of pyridine rings is 1. The van der Waals surface area contributed by atoms with Crippen molar-refractivity contribution in [2.75, 3.05) is 31.1 Å². The van der Waals surface area contributed by atoms with Crippen molar-refractivity contribution in [3.8, 4) is 0 Å². The van der Waals surface area contributed by atoms with Gasteiger partial charge in [-0.2, -0.15) is 18.3 Å². The van der Waals surface area contributed by atoms with Gasteiger partial charge in [-0.15, -0.1) is 0 Å². The van der Waals surface area contributed by atoms with E-state index in [-0.39, 0.29) is 0 Å². The van der Waals surface area contributed by atoms with Crippen LogP contribution in [0.4, 0.5) is 18.9 Å². The summed E-state index contributed by atoms with van der Waals surface area (Å²) in [6.45, 7) is 5.35. The van der Waals surface area contributed by atoms with Crippen LogP contribution >= 0.6 is 11.6 Å². The summed E-state index contributed by atoms with van der Waals surface area (Å²) < 4.78 is 33.7. The third-order valence-electron chi connectivity index (χ3n) is 6.21. The zero-order chi connectivity index (χ0) is 25.0. The van der Waals surface area contributed by atoms with Gasteiger partial charge >= 0.3 is 12.1 Å². The molecule has 11 heteroatoms. The van der Waals surface area contributed by atoms with Crippen molar-refractivity contribution in [2.45, 2.75) is 44.3 Å². The van der Waals surface area contributed by atoms with Crippen molar-refractivity contribution in [3.05, 3.63) is 59.0 Å². The second-order valence-corrected chi connectivity index (χ2v) is 9.30. The van der Waals surface area contributed by atoms with E-state index in [0.717, 1.165) is 55.6 Å². The topological polar surface area (TPSA) is 74.0 Å². The maximum Gasteiger partial charge on any atom is 0.490 e. The van der Waals surface area contributed by atoms with Crippen LogP contribution in [0.3, 0.4) is 0 Å². The highest BCUT2D eigenvalue weighted by Crippen LogP contribution is 2.27. The first-order valence-electron chi connectivity index (χ1n) is 11.6. The summed E-state index contributed by atoms with van der Waals surface area (Å²) in [6, 6.07) is 12.5. The number of alkyl halides is 3. The molecular formula is C24H27ClF3N5O2. The van der Waals surface area contributed by atoms with Crippen LogP contribution in [-0.4, -0.2) is 62.9 Å². The summed E-state index contributed by atoms with van der Waals surface area (Å²) >= 11 is 6.15. The van der Waals surface area contributed by atoms with Crippen molar-refractivity contribution >= 4 is 28.9 Å². The molecule has 1 N–H and O–H groups in total. The molecule has 7 nitrogen and oxygen atoms in total. The van der Waals surface area contributed by atoms with Gasteiger partial charge in [0.1, 0.15) is 0 Å². The lowest BCUT2D eigenvalue weighted by molar-refractivity contribution is -0.192. The van der Waals surface area contributed by atoms with E-state index in [1.54, 1.807) is 0 Å². The van der Waals surface area contributed by atoms with Gasteiger partial charge in [0.05, 0.1) is 11.9 Å². The molecule has 2 saturated heterocycles. The first kappa shape index (κ1) is 25.2. The Balaban J connectivity index is 0.000000364. The van der Waals surface area contributed by atoms with Crippen LogP contribution in [0.5, 0.6) is 0 Å². The number of likely N-dealkylation sites (tertiary alicyclic amines) is 1. The number of carbonyl (C=O) groups is 1. The molecule has 0 spiro atoms. The number of aromatic nitrogens is 3. The van der Waals surface area contributed by atoms with E-state index in [1.165, 1.54) is 30.5 Å². The monoisotopic (exact) mass is 509 g/mol. The molecule has 0 radical (unpaired) electrons. The Labute approximate surface area is 206 Å². The lowest BCUT2D eigenvalue weighted by atomic mass is 9.97. The predicted octanol–water partition coefficient (Wildman–Crippen LogP) is 5.00. The van der Waals surface area contributed by atoms with Crippen LogP contribution in [0.1, 0.15) is 43.0 Å². The van der Waals surface area contributed by atoms with Gasteiger partial charge in [0.25, 0.3) is 0 Å². The number of piperidine rings is 1. The van der Waals surface area contributed by atoms with Gasteiger partial charge in [-0.25, -0.2) is 14.3 Å². The zero-order valence-electron chi connectivity index (χ0n) is 19.1. The summed E-state index contributed by atoms with van der Waals surface area (Å²) in [4.78, 5) is 18.7. The van der Waals surface area contributed by atoms with Gasteiger partial charge in [-0.05, 0) is 62.1 Å². The standard InChI is InChI=1S/C22H26ClN5.C2HF3O2/c23-19-7-3-5-17(13-19)14-26-10-4-6-18(15-26)22-24-21-9-8-20(16-28(21)25-22)27-11-1-2-12-27;3-2(4,5)1(6)7/h3,5,7-9,13,16,18H,1-2,4,6,10-12,14-15H2;(H,6,7). The summed E-state index contributed by atoms with van der Waals surface area (Å²) in [5.41, 5.74) is 3.48. The van der Waals surface area contributed by atoms with Crippen molar-refractivity contribution in [1.82, 2.24) is 19.5 Å². The Morgan fingerprint density at radius 2 is 1.86 bits per heavy atom. The molecule has 2 aromatic heterocycles. The number of benzene rings is 1. The number of hydrogen-bond acceptors (Lipinski definition) is 5. The zero-order valence-corrected chi connectivity index (χ0v) is 19.8. The highest BCUT2D eigenvalue weighted by molar-refractivity contribution is 6.30. The number of rotatable bonds is 4. The van der Waals surface area contributed by atoms with E-state index in [2.05, 4.69) is 40.3 Å². The normalized spacial score (nSPS) is 19.0. The molecule has 0 saturated carbocycles. The van der Waals surface area contributed by atoms with E-state index in [0.29, 0.717) is 5.92 Å². The molecule has 2 fully saturated rings. The number of fused-ring (bicyclic) bond motifs is 1. The third-order valence-corrected chi connectivity index (χ3v) is 6.45. The molecule has 1 atom stereocenters. The number of halogens is 4. The smallest absolute Gasteiger partial charge is 0.475 e. The Kier molecular flexibility index (Phi) is 7.81. The van der Waals surface area contributed by atoms with Crippen molar-refractivity contribution in [3.63, 3.8) is 0 Å². The number of nitrogens with zero attached hydrogens (tertiary/aromatic N) is 5. The molecule has 4 heterocycles. The molecule has 2 aliphatic heterocycles. The Bertz CT molecular complexity index is 1160. The van der Waals surface area contributed by atoms with Crippen molar-refractivity contribution in [1.29, 1.82) is 0 Å². The van der Waals surface area contributed by atoms with E-state index in [1.807, 2.05) is 16.6 Å². The third kappa shape index (κ3) is 6.64. The second kappa shape index (κ2) is 10.8. The molecule has 5 rings (SSSR count). The van der Waals surface area contributed by atoms with E-state index in [4.69, 9.17) is 31.6 Å². The van der Waals surface area contributed by atoms with Crippen LogP contribution in [0, 0.1) is 0 Å². The molecule has 0 amide bonds. The Morgan fingerprint density at radius 3 is 2.54 bits per heavy atom. The minimum atomic E-state index is -5.08. The van der Waals surface area contributed by atoms with Gasteiger partial charge < -0.3 is 10.0 Å². The maximum atomic E-state index is 10.6. The quantitative estimate of drug-likeness (QED) is 0.534. The average Bonchev–Trinajstić information content (AvgIpc) is 3.49. The Morgan fingerprint density at radius 1 is 1.11 bits per heavy atom. The van der Waals surface area contributed by atoms with E-state index < -0.39 is 12.1 Å². The SMILES string of the molecule is Clc1cccc(CN2CCCC(c3nc4ccc(N5CCCC5)cn4n3)C2)c1.O=C(O)C(F)(F)F. The molecule has 2 aliphatic rings. The number of anilines is 1. The number of aliphatic carboxylic acids is 1. The van der Waals surface area contributed by atoms with Gasteiger partial charge in [-0.3, -0.25) is 4.90 Å². The van der Waals surface area contributed by atoms with Crippen LogP contribution in [0.15, 0.2) is 42.6 Å². The summed E-state index contributed by atoms with van der Waals surface area (Å²) in [7, 11) is 0. The molecule has 0 aliphatic carbocycles. The number of carboxylic acid groups (broad SMARTS) is 1. The van der Waals surface area contributed by atoms with Gasteiger partial charge in [0, 0.05) is 37.1 Å². The largest absolute Gasteiger partial charge is 0.490 e. The summed E-state index contributed by atoms with van der Waals surface area (Å²) in [5.74, 6) is -1.38. The molecule has 35 heavy (non-hydrogen) atoms. The molecule has 1 unspecified atom stereocenters. The summed E-state index contributed by atoms with van der Waals surface area (Å²) in [5, 5.41) is 12.8. The van der Waals surface area contributed by atoms with Gasteiger partial charge in [-0.1, -0.05) is 23.7 Å². The molecular weight excluding hydrogens is 483 g/mol. The lowest BCUT2D eigenvalue weighted by Crippen LogP contribution is -2.34. The number of hydrogen-bond donors (Lipinski definition) is 1. The first-order chi connectivity index (χ1) is 16.7. The van der Waals surface area contributed by atoms with Crippen LogP contribution in [0.25, 0.3) is 5.65 Å². The molecule has 188 valence electrons. The maximum absolute atomic E-state index is 10.6. The van der Waals surface area contributed by atoms with E-state index >= 15 is 0 Å². The minimum absolute atomic E-state index is 0.392. The van der Waals surface area contributed by atoms with Crippen LogP contribution < -0.4 is 4.90 Å². The second-order valence-electron chi connectivity index (χ2n) is 8.86. The fourth-order valence-electron chi connectivity index (χ4n) is 4.53. The van der Waals surface area contributed by atoms with Crippen LogP contribution in [-0.2, 0) is 11.3 Å². The lowest BCUT2D eigenvalue weighted by Gasteiger charge is -2.31. The van der Waals surface area contributed by atoms with Crippen molar-refractivity contribution in [2.24, 2.45) is 0 Å². The van der Waals surface area contributed by atoms with Gasteiger partial charge in [0.15, 0.2) is 11.5 Å². The summed E-state index contributed by atoms with van der Waals surface area (Å²) in [6.07, 6.45) is 1.96. The fourth-order valence-corrected chi connectivity index (χ4v) is 4.74. The molecule has 0 bridgehead atoms. The van der Waals surface area contributed by atoms with Gasteiger partial charge in [0.2, 0.25) is 0 Å². The highest BCUT2D eigenvalue weighted by atomic mass is 35.5. The minimum Gasteiger partial charge on any atom is -0.475 e. The average molecular weight is 510 g/mol. The van der Waals surface area contributed by atoms with Crippen LogP contribution in [0.2, 0.25) is 5.02 Å². The van der Waals surface area contributed by atoms with E-state index in [9.17, 15) is 13.2 Å². The Hall–Kier alpha value is -2.85.